The first-order chi connectivity index (χ1) is 7.81. The van der Waals surface area contributed by atoms with Gasteiger partial charge in [-0.25, -0.2) is 4.39 Å². The van der Waals surface area contributed by atoms with Crippen LogP contribution in [0.5, 0.6) is 0 Å². The van der Waals surface area contributed by atoms with Crippen molar-refractivity contribution in [3.63, 3.8) is 0 Å². The maximum atomic E-state index is 13.3. The van der Waals surface area contributed by atoms with Gasteiger partial charge in [-0.1, -0.05) is 19.1 Å². The standard InChI is InChI=1S/C13H16FNO/c1-2-7-15-8-6-11-9-10-4-3-5-12(14)13(10)16-11/h3-5,9,15H,2,6-8H2,1H3. The Labute approximate surface area is 94.4 Å². The van der Waals surface area contributed by atoms with Gasteiger partial charge in [0, 0.05) is 18.4 Å². The molecule has 0 spiro atoms. The lowest BCUT2D eigenvalue weighted by Crippen LogP contribution is -2.17. The molecular weight excluding hydrogens is 205 g/mol. The van der Waals surface area contributed by atoms with Crippen molar-refractivity contribution in [3.8, 4) is 0 Å². The van der Waals surface area contributed by atoms with E-state index >= 15 is 0 Å². The van der Waals surface area contributed by atoms with E-state index in [0.717, 1.165) is 37.1 Å². The smallest absolute Gasteiger partial charge is 0.169 e. The minimum Gasteiger partial charge on any atom is -0.458 e. The topological polar surface area (TPSA) is 25.2 Å². The van der Waals surface area contributed by atoms with Crippen LogP contribution in [0.4, 0.5) is 4.39 Å². The molecule has 0 saturated heterocycles. The number of hydrogen-bond donors (Lipinski definition) is 1. The molecule has 1 aromatic carbocycles. The second-order valence-corrected chi connectivity index (χ2v) is 3.87. The van der Waals surface area contributed by atoms with Crippen LogP contribution in [0.1, 0.15) is 19.1 Å². The highest BCUT2D eigenvalue weighted by molar-refractivity contribution is 5.78. The van der Waals surface area contributed by atoms with Crippen LogP contribution in [0.2, 0.25) is 0 Å². The van der Waals surface area contributed by atoms with E-state index in [1.54, 1.807) is 6.07 Å². The lowest BCUT2D eigenvalue weighted by atomic mass is 10.2. The van der Waals surface area contributed by atoms with Crippen molar-refractivity contribution in [2.45, 2.75) is 19.8 Å². The SMILES string of the molecule is CCCNCCc1cc2cccc(F)c2o1. The molecule has 16 heavy (non-hydrogen) atoms. The Morgan fingerprint density at radius 1 is 1.31 bits per heavy atom. The Balaban J connectivity index is 2.05. The Morgan fingerprint density at radius 2 is 2.19 bits per heavy atom. The van der Waals surface area contributed by atoms with Gasteiger partial charge in [0.2, 0.25) is 0 Å². The first kappa shape index (κ1) is 11.1. The van der Waals surface area contributed by atoms with E-state index in [2.05, 4.69) is 12.2 Å². The van der Waals surface area contributed by atoms with Crippen molar-refractivity contribution >= 4 is 11.0 Å². The summed E-state index contributed by atoms with van der Waals surface area (Å²) in [5.74, 6) is 0.550. The minimum absolute atomic E-state index is 0.287. The second kappa shape index (κ2) is 5.12. The quantitative estimate of drug-likeness (QED) is 0.785. The van der Waals surface area contributed by atoms with Crippen molar-refractivity contribution < 1.29 is 8.81 Å². The fraction of sp³-hybridized carbons (Fsp3) is 0.385. The number of rotatable bonds is 5. The number of fused-ring (bicyclic) bond motifs is 1. The highest BCUT2D eigenvalue weighted by Crippen LogP contribution is 2.21. The predicted molar refractivity (Wildman–Crippen MR) is 63.0 cm³/mol. The molecule has 0 bridgehead atoms. The van der Waals surface area contributed by atoms with Crippen LogP contribution in [0.3, 0.4) is 0 Å². The van der Waals surface area contributed by atoms with E-state index in [0.29, 0.717) is 5.58 Å². The number of furan rings is 1. The second-order valence-electron chi connectivity index (χ2n) is 3.87. The van der Waals surface area contributed by atoms with E-state index in [1.807, 2.05) is 12.1 Å². The van der Waals surface area contributed by atoms with Crippen LogP contribution < -0.4 is 5.32 Å². The summed E-state index contributed by atoms with van der Waals surface area (Å²) in [6.07, 6.45) is 1.92. The summed E-state index contributed by atoms with van der Waals surface area (Å²) in [7, 11) is 0. The molecule has 0 amide bonds. The highest BCUT2D eigenvalue weighted by Gasteiger charge is 2.07. The Kier molecular flexibility index (Phi) is 3.57. The zero-order chi connectivity index (χ0) is 11.4. The van der Waals surface area contributed by atoms with Crippen molar-refractivity contribution in [3.05, 3.63) is 35.8 Å². The third-order valence-corrected chi connectivity index (χ3v) is 2.52. The molecule has 0 aliphatic heterocycles. The zero-order valence-electron chi connectivity index (χ0n) is 9.42. The molecule has 1 heterocycles. The minimum atomic E-state index is -0.287. The largest absolute Gasteiger partial charge is 0.458 e. The summed E-state index contributed by atoms with van der Waals surface area (Å²) in [6.45, 7) is 4.01. The molecule has 1 N–H and O–H groups in total. The Hall–Kier alpha value is -1.35. The molecule has 1 aromatic heterocycles. The van der Waals surface area contributed by atoms with E-state index < -0.39 is 0 Å². The van der Waals surface area contributed by atoms with Crippen LogP contribution in [0.25, 0.3) is 11.0 Å². The molecular formula is C13H16FNO. The molecule has 0 radical (unpaired) electrons. The number of nitrogens with one attached hydrogen (secondary N) is 1. The molecule has 2 aromatic rings. The molecule has 0 aliphatic carbocycles. The fourth-order valence-corrected chi connectivity index (χ4v) is 1.72. The molecule has 0 atom stereocenters. The Bertz CT molecular complexity index is 464. The molecule has 0 saturated carbocycles. The number of hydrogen-bond acceptors (Lipinski definition) is 2. The number of para-hydroxylation sites is 1. The van der Waals surface area contributed by atoms with E-state index in [1.165, 1.54) is 6.07 Å². The zero-order valence-corrected chi connectivity index (χ0v) is 9.42. The third kappa shape index (κ3) is 2.42. The summed E-state index contributed by atoms with van der Waals surface area (Å²) < 4.78 is 18.8. The monoisotopic (exact) mass is 221 g/mol. The molecule has 2 rings (SSSR count). The van der Waals surface area contributed by atoms with Crippen LogP contribution in [-0.2, 0) is 6.42 Å². The number of halogens is 1. The van der Waals surface area contributed by atoms with Crippen molar-refractivity contribution in [1.82, 2.24) is 5.32 Å². The summed E-state index contributed by atoms with van der Waals surface area (Å²) >= 11 is 0. The summed E-state index contributed by atoms with van der Waals surface area (Å²) in [4.78, 5) is 0. The summed E-state index contributed by atoms with van der Waals surface area (Å²) in [6, 6.07) is 6.90. The lowest BCUT2D eigenvalue weighted by molar-refractivity contribution is 0.509. The molecule has 0 unspecified atom stereocenters. The van der Waals surface area contributed by atoms with Crippen LogP contribution in [0, 0.1) is 5.82 Å². The van der Waals surface area contributed by atoms with Gasteiger partial charge in [-0.3, -0.25) is 0 Å². The van der Waals surface area contributed by atoms with Gasteiger partial charge in [-0.2, -0.15) is 0 Å². The van der Waals surface area contributed by atoms with Crippen molar-refractivity contribution in [1.29, 1.82) is 0 Å². The van der Waals surface area contributed by atoms with E-state index in [9.17, 15) is 4.39 Å². The first-order valence-corrected chi connectivity index (χ1v) is 5.69. The van der Waals surface area contributed by atoms with E-state index in [4.69, 9.17) is 4.42 Å². The maximum Gasteiger partial charge on any atom is 0.169 e. The van der Waals surface area contributed by atoms with Gasteiger partial charge >= 0.3 is 0 Å². The van der Waals surface area contributed by atoms with Crippen LogP contribution in [0.15, 0.2) is 28.7 Å². The molecule has 0 aliphatic rings. The summed E-state index contributed by atoms with van der Waals surface area (Å²) in [5.41, 5.74) is 0.369. The van der Waals surface area contributed by atoms with Gasteiger partial charge < -0.3 is 9.73 Å². The van der Waals surface area contributed by atoms with Gasteiger partial charge in [0.05, 0.1) is 0 Å². The molecule has 0 fully saturated rings. The fourth-order valence-electron chi connectivity index (χ4n) is 1.72. The summed E-state index contributed by atoms with van der Waals surface area (Å²) in [5, 5.41) is 4.13. The van der Waals surface area contributed by atoms with Crippen LogP contribution >= 0.6 is 0 Å². The average molecular weight is 221 g/mol. The lowest BCUT2D eigenvalue weighted by Gasteiger charge is -1.99. The average Bonchev–Trinajstić information content (AvgIpc) is 2.69. The molecule has 86 valence electrons. The van der Waals surface area contributed by atoms with Crippen molar-refractivity contribution in [2.24, 2.45) is 0 Å². The predicted octanol–water partition coefficient (Wildman–Crippen LogP) is 3.11. The van der Waals surface area contributed by atoms with Gasteiger partial charge in [0.25, 0.3) is 0 Å². The highest BCUT2D eigenvalue weighted by atomic mass is 19.1. The molecule has 2 nitrogen and oxygen atoms in total. The Morgan fingerprint density at radius 3 is 2.94 bits per heavy atom. The van der Waals surface area contributed by atoms with Crippen LogP contribution in [-0.4, -0.2) is 13.1 Å². The van der Waals surface area contributed by atoms with Gasteiger partial charge in [0.15, 0.2) is 11.4 Å². The maximum absolute atomic E-state index is 13.3. The normalized spacial score (nSPS) is 11.1. The van der Waals surface area contributed by atoms with Gasteiger partial charge in [-0.15, -0.1) is 0 Å². The first-order valence-electron chi connectivity index (χ1n) is 5.69. The third-order valence-electron chi connectivity index (χ3n) is 2.52. The van der Waals surface area contributed by atoms with Gasteiger partial charge in [0.1, 0.15) is 5.76 Å². The number of benzene rings is 1. The van der Waals surface area contributed by atoms with Crippen molar-refractivity contribution in [2.75, 3.05) is 13.1 Å². The van der Waals surface area contributed by atoms with E-state index in [-0.39, 0.29) is 5.82 Å². The molecule has 3 heteroatoms. The van der Waals surface area contributed by atoms with Gasteiger partial charge in [-0.05, 0) is 25.1 Å².